The second kappa shape index (κ2) is 7.61. The molecule has 0 spiro atoms. The van der Waals surface area contributed by atoms with Gasteiger partial charge in [-0.05, 0) is 71.5 Å². The van der Waals surface area contributed by atoms with E-state index in [4.69, 9.17) is 4.74 Å². The van der Waals surface area contributed by atoms with Crippen molar-refractivity contribution in [3.8, 4) is 5.75 Å². The fourth-order valence-electron chi connectivity index (χ4n) is 1.88. The monoisotopic (exact) mass is 572 g/mol. The normalized spacial score (nSPS) is 12.2. The van der Waals surface area contributed by atoms with E-state index in [1.54, 1.807) is 0 Å². The van der Waals surface area contributed by atoms with Gasteiger partial charge in [0.15, 0.2) is 0 Å². The lowest BCUT2D eigenvalue weighted by atomic mass is 10.0. The lowest BCUT2D eigenvalue weighted by molar-refractivity contribution is 0.337. The Morgan fingerprint density at radius 3 is 2.55 bits per heavy atom. The Morgan fingerprint density at radius 2 is 1.85 bits per heavy atom. The number of benzene rings is 2. The minimum Gasteiger partial charge on any atom is -0.494 e. The number of halogens is 4. The Labute approximate surface area is 158 Å². The molecule has 1 nitrogen and oxygen atoms in total. The van der Waals surface area contributed by atoms with Gasteiger partial charge in [0.25, 0.3) is 0 Å². The second-order valence-electron chi connectivity index (χ2n) is 4.14. The summed E-state index contributed by atoms with van der Waals surface area (Å²) in [6.07, 6.45) is 0. The molecule has 0 heterocycles. The number of ether oxygens (including phenoxy) is 1. The number of alkyl halides is 1. The maximum absolute atomic E-state index is 5.74. The molecule has 0 aliphatic rings. The molecule has 0 radical (unpaired) electrons. The van der Waals surface area contributed by atoms with Gasteiger partial charge in [-0.3, -0.25) is 0 Å². The van der Waals surface area contributed by atoms with Crippen LogP contribution in [0.15, 0.2) is 45.3 Å². The Bertz CT molecular complexity index is 616. The predicted molar refractivity (Wildman–Crippen MR) is 103 cm³/mol. The molecule has 2 aromatic carbocycles. The number of rotatable bonds is 4. The van der Waals surface area contributed by atoms with Crippen LogP contribution in [0.25, 0.3) is 0 Å². The van der Waals surface area contributed by atoms with Crippen LogP contribution in [0.5, 0.6) is 5.75 Å². The summed E-state index contributed by atoms with van der Waals surface area (Å²) in [5.41, 5.74) is 2.31. The first-order valence-electron chi connectivity index (χ1n) is 6.04. The van der Waals surface area contributed by atoms with Crippen molar-refractivity contribution in [2.75, 3.05) is 6.61 Å². The molecule has 0 aromatic heterocycles. The van der Waals surface area contributed by atoms with Gasteiger partial charge in [0.2, 0.25) is 0 Å². The lowest BCUT2D eigenvalue weighted by Crippen LogP contribution is -2.01. The Morgan fingerprint density at radius 1 is 1.10 bits per heavy atom. The van der Waals surface area contributed by atoms with E-state index in [1.165, 1.54) is 9.13 Å². The van der Waals surface area contributed by atoms with Crippen LogP contribution < -0.4 is 4.74 Å². The smallest absolute Gasteiger partial charge is 0.124 e. The van der Waals surface area contributed by atoms with E-state index < -0.39 is 0 Å². The highest BCUT2D eigenvalue weighted by atomic mass is 127. The average molecular weight is 575 g/mol. The van der Waals surface area contributed by atoms with Crippen molar-refractivity contribution in [3.05, 3.63) is 60.0 Å². The zero-order valence-corrected chi connectivity index (χ0v) is 17.6. The van der Waals surface area contributed by atoms with Crippen LogP contribution in [0.1, 0.15) is 22.9 Å². The van der Waals surface area contributed by atoms with Crippen LogP contribution in [-0.2, 0) is 0 Å². The molecule has 0 aliphatic carbocycles. The van der Waals surface area contributed by atoms with Crippen molar-refractivity contribution in [1.29, 1.82) is 0 Å². The maximum Gasteiger partial charge on any atom is 0.124 e. The fourth-order valence-corrected chi connectivity index (χ4v) is 4.29. The summed E-state index contributed by atoms with van der Waals surface area (Å²) in [7, 11) is 0. The standard InChI is InChI=1S/C15H12Br3IO/c1-2-20-14-6-3-9(16)7-12(14)15(18)11-8-10(19)4-5-13(11)17/h3-8,15H,2H2,1H3. The largest absolute Gasteiger partial charge is 0.494 e. The van der Waals surface area contributed by atoms with Crippen molar-refractivity contribution >= 4 is 70.4 Å². The summed E-state index contributed by atoms with van der Waals surface area (Å²) in [6.45, 7) is 2.65. The molecule has 0 N–H and O–H groups in total. The van der Waals surface area contributed by atoms with Crippen molar-refractivity contribution in [2.45, 2.75) is 11.8 Å². The van der Waals surface area contributed by atoms with Gasteiger partial charge in [-0.2, -0.15) is 0 Å². The van der Waals surface area contributed by atoms with Crippen LogP contribution >= 0.6 is 70.4 Å². The summed E-state index contributed by atoms with van der Waals surface area (Å²) in [5, 5.41) is 0. The van der Waals surface area contributed by atoms with E-state index in [0.717, 1.165) is 20.3 Å². The molecule has 0 aliphatic heterocycles. The van der Waals surface area contributed by atoms with E-state index in [1.807, 2.05) is 19.1 Å². The van der Waals surface area contributed by atoms with Crippen molar-refractivity contribution in [1.82, 2.24) is 0 Å². The summed E-state index contributed by atoms with van der Waals surface area (Å²) >= 11 is 13.3. The fraction of sp³-hybridized carbons (Fsp3) is 0.200. The molecule has 1 unspecified atom stereocenters. The zero-order valence-electron chi connectivity index (χ0n) is 10.7. The topological polar surface area (TPSA) is 9.23 Å². The Kier molecular flexibility index (Phi) is 6.38. The molecule has 20 heavy (non-hydrogen) atoms. The molecule has 106 valence electrons. The van der Waals surface area contributed by atoms with E-state index in [2.05, 4.69) is 94.6 Å². The lowest BCUT2D eigenvalue weighted by Gasteiger charge is -2.17. The highest BCUT2D eigenvalue weighted by Crippen LogP contribution is 2.41. The van der Waals surface area contributed by atoms with Crippen LogP contribution in [0.4, 0.5) is 0 Å². The van der Waals surface area contributed by atoms with E-state index in [-0.39, 0.29) is 4.83 Å². The minimum atomic E-state index is 0.0747. The van der Waals surface area contributed by atoms with Crippen molar-refractivity contribution in [2.24, 2.45) is 0 Å². The van der Waals surface area contributed by atoms with Gasteiger partial charge in [0.05, 0.1) is 11.4 Å². The SMILES string of the molecule is CCOc1ccc(Br)cc1C(Br)c1cc(I)ccc1Br. The van der Waals surface area contributed by atoms with Gasteiger partial charge in [0.1, 0.15) is 5.75 Å². The highest BCUT2D eigenvalue weighted by molar-refractivity contribution is 14.1. The minimum absolute atomic E-state index is 0.0747. The first-order valence-corrected chi connectivity index (χ1v) is 9.62. The van der Waals surface area contributed by atoms with Gasteiger partial charge >= 0.3 is 0 Å². The van der Waals surface area contributed by atoms with E-state index in [9.17, 15) is 0 Å². The quantitative estimate of drug-likeness (QED) is 0.292. The maximum atomic E-state index is 5.74. The molecular formula is C15H12Br3IO. The van der Waals surface area contributed by atoms with Crippen molar-refractivity contribution < 1.29 is 4.74 Å². The Hall–Kier alpha value is 0.410. The van der Waals surface area contributed by atoms with Gasteiger partial charge in [-0.15, -0.1) is 0 Å². The second-order valence-corrected chi connectivity index (χ2v) is 8.07. The molecule has 2 aromatic rings. The first-order chi connectivity index (χ1) is 9.52. The van der Waals surface area contributed by atoms with Gasteiger partial charge < -0.3 is 4.74 Å². The third kappa shape index (κ3) is 3.99. The molecule has 0 bridgehead atoms. The summed E-state index contributed by atoms with van der Waals surface area (Å²) < 4.78 is 9.07. The third-order valence-corrected chi connectivity index (χ3v) is 5.65. The molecule has 0 fully saturated rings. The number of hydrogen-bond acceptors (Lipinski definition) is 1. The van der Waals surface area contributed by atoms with E-state index in [0.29, 0.717) is 6.61 Å². The zero-order chi connectivity index (χ0) is 14.7. The molecule has 0 saturated heterocycles. The first kappa shape index (κ1) is 16.8. The molecular weight excluding hydrogens is 563 g/mol. The average Bonchev–Trinajstić information content (AvgIpc) is 2.43. The van der Waals surface area contributed by atoms with Crippen LogP contribution in [-0.4, -0.2) is 6.61 Å². The van der Waals surface area contributed by atoms with Crippen LogP contribution in [0.2, 0.25) is 0 Å². The molecule has 0 saturated carbocycles. The van der Waals surface area contributed by atoms with Gasteiger partial charge in [-0.25, -0.2) is 0 Å². The molecule has 0 amide bonds. The third-order valence-electron chi connectivity index (χ3n) is 2.78. The van der Waals surface area contributed by atoms with Crippen LogP contribution in [0.3, 0.4) is 0 Å². The summed E-state index contributed by atoms with van der Waals surface area (Å²) in [5.74, 6) is 0.906. The van der Waals surface area contributed by atoms with Crippen molar-refractivity contribution in [3.63, 3.8) is 0 Å². The van der Waals surface area contributed by atoms with Crippen LogP contribution in [0, 0.1) is 3.57 Å². The van der Waals surface area contributed by atoms with E-state index >= 15 is 0 Å². The summed E-state index contributed by atoms with van der Waals surface area (Å²) in [4.78, 5) is 0.0747. The highest BCUT2D eigenvalue weighted by Gasteiger charge is 2.18. The summed E-state index contributed by atoms with van der Waals surface area (Å²) in [6, 6.07) is 12.4. The van der Waals surface area contributed by atoms with Gasteiger partial charge in [-0.1, -0.05) is 47.8 Å². The molecule has 1 atom stereocenters. The molecule has 2 rings (SSSR count). The number of hydrogen-bond donors (Lipinski definition) is 0. The Balaban J connectivity index is 2.49. The predicted octanol–water partition coefficient (Wildman–Crippen LogP) is 6.70. The molecule has 5 heteroatoms. The van der Waals surface area contributed by atoms with Gasteiger partial charge in [0, 0.05) is 18.1 Å².